The van der Waals surface area contributed by atoms with Crippen molar-refractivity contribution < 1.29 is 22.8 Å². The highest BCUT2D eigenvalue weighted by Gasteiger charge is 2.35. The molecule has 0 radical (unpaired) electrons. The Kier molecular flexibility index (Phi) is 5.95. The van der Waals surface area contributed by atoms with Crippen LogP contribution >= 0.6 is 0 Å². The smallest absolute Gasteiger partial charge is 0.355 e. The molecule has 1 rings (SSSR count). The number of carbonyl (C=O) groups excluding carboxylic acids is 2. The molecule has 1 aromatic rings. The zero-order valence-electron chi connectivity index (χ0n) is 12.7. The largest absolute Gasteiger partial charge is 0.435 e. The third kappa shape index (κ3) is 4.74. The van der Waals surface area contributed by atoms with E-state index < -0.39 is 17.8 Å². The lowest BCUT2D eigenvalue weighted by atomic mass is 10.3. The molecule has 1 N–H and O–H groups in total. The van der Waals surface area contributed by atoms with Crippen LogP contribution in [0.3, 0.4) is 0 Å². The van der Waals surface area contributed by atoms with E-state index in [4.69, 9.17) is 0 Å². The Bertz CT molecular complexity index is 540. The summed E-state index contributed by atoms with van der Waals surface area (Å²) >= 11 is 0. The number of nitrogens with zero attached hydrogens (tertiary/aromatic N) is 3. The van der Waals surface area contributed by atoms with Crippen molar-refractivity contribution in [2.24, 2.45) is 7.05 Å². The molecule has 0 atom stereocenters. The van der Waals surface area contributed by atoms with Gasteiger partial charge in [0.15, 0.2) is 5.69 Å². The molecule has 0 aliphatic heterocycles. The van der Waals surface area contributed by atoms with Gasteiger partial charge in [-0.15, -0.1) is 0 Å². The molecule has 1 heterocycles. The first-order valence-corrected chi connectivity index (χ1v) is 6.80. The number of halogens is 3. The first-order chi connectivity index (χ1) is 10.2. The highest BCUT2D eigenvalue weighted by molar-refractivity contribution is 5.95. The van der Waals surface area contributed by atoms with Gasteiger partial charge < -0.3 is 10.2 Å². The van der Waals surface area contributed by atoms with E-state index in [1.807, 2.05) is 6.92 Å². The molecule has 124 valence electrons. The van der Waals surface area contributed by atoms with Gasteiger partial charge in [0.2, 0.25) is 5.91 Å². The molecular weight excluding hydrogens is 301 g/mol. The minimum atomic E-state index is -4.62. The first-order valence-electron chi connectivity index (χ1n) is 6.80. The highest BCUT2D eigenvalue weighted by atomic mass is 19.4. The number of likely N-dealkylation sites (N-methyl/N-ethyl adjacent to an activating group) is 1. The van der Waals surface area contributed by atoms with Gasteiger partial charge in [-0.3, -0.25) is 14.3 Å². The van der Waals surface area contributed by atoms with Crippen LogP contribution in [0.15, 0.2) is 6.07 Å². The topological polar surface area (TPSA) is 67.2 Å². The van der Waals surface area contributed by atoms with Crippen LogP contribution in [0.4, 0.5) is 13.2 Å². The Labute approximate surface area is 126 Å². The minimum absolute atomic E-state index is 0.226. The van der Waals surface area contributed by atoms with Crippen molar-refractivity contribution in [3.05, 3.63) is 17.5 Å². The monoisotopic (exact) mass is 320 g/mol. The van der Waals surface area contributed by atoms with Crippen molar-refractivity contribution in [1.29, 1.82) is 0 Å². The number of amides is 2. The van der Waals surface area contributed by atoms with Crippen LogP contribution in [0.5, 0.6) is 0 Å². The Hall–Kier alpha value is -2.06. The summed E-state index contributed by atoms with van der Waals surface area (Å²) in [5.41, 5.74) is -1.37. The molecule has 1 aromatic heterocycles. The number of rotatable bonds is 6. The van der Waals surface area contributed by atoms with E-state index >= 15 is 0 Å². The fourth-order valence-electron chi connectivity index (χ4n) is 1.75. The van der Waals surface area contributed by atoms with Crippen LogP contribution in [0.25, 0.3) is 0 Å². The summed E-state index contributed by atoms with van der Waals surface area (Å²) in [4.78, 5) is 24.7. The van der Waals surface area contributed by atoms with Gasteiger partial charge in [-0.05, 0) is 6.42 Å². The van der Waals surface area contributed by atoms with E-state index in [0.717, 1.165) is 22.4 Å². The quantitative estimate of drug-likeness (QED) is 0.806. The average molecular weight is 320 g/mol. The molecule has 0 fully saturated rings. The van der Waals surface area contributed by atoms with E-state index in [9.17, 15) is 22.8 Å². The van der Waals surface area contributed by atoms with Gasteiger partial charge in [-0.2, -0.15) is 18.3 Å². The SMILES string of the molecule is CCCCNC(=O)CN(C)C(=O)c1cc(C(F)(F)F)nn1C. The number of unbranched alkanes of at least 4 members (excludes halogenated alkanes) is 1. The van der Waals surface area contributed by atoms with Crippen molar-refractivity contribution in [3.63, 3.8) is 0 Å². The molecule has 6 nitrogen and oxygen atoms in total. The van der Waals surface area contributed by atoms with Gasteiger partial charge in [0.05, 0.1) is 6.54 Å². The van der Waals surface area contributed by atoms with Crippen molar-refractivity contribution in [2.45, 2.75) is 25.9 Å². The predicted octanol–water partition coefficient (Wildman–Crippen LogP) is 1.43. The van der Waals surface area contributed by atoms with Crippen LogP contribution in [0.2, 0.25) is 0 Å². The Morgan fingerprint density at radius 3 is 2.55 bits per heavy atom. The summed E-state index contributed by atoms with van der Waals surface area (Å²) in [6.07, 6.45) is -2.88. The Balaban J connectivity index is 2.71. The second-order valence-corrected chi connectivity index (χ2v) is 4.90. The lowest BCUT2D eigenvalue weighted by Crippen LogP contribution is -2.39. The minimum Gasteiger partial charge on any atom is -0.355 e. The van der Waals surface area contributed by atoms with Crippen LogP contribution in [0.1, 0.15) is 35.9 Å². The van der Waals surface area contributed by atoms with Gasteiger partial charge in [-0.25, -0.2) is 0 Å². The molecule has 0 saturated heterocycles. The molecule has 0 aliphatic rings. The molecule has 9 heteroatoms. The molecule has 22 heavy (non-hydrogen) atoms. The number of nitrogens with one attached hydrogen (secondary N) is 1. The lowest BCUT2D eigenvalue weighted by Gasteiger charge is -2.16. The Morgan fingerprint density at radius 2 is 2.05 bits per heavy atom. The maximum absolute atomic E-state index is 12.6. The summed E-state index contributed by atoms with van der Waals surface area (Å²) in [5.74, 6) is -1.06. The zero-order chi connectivity index (χ0) is 16.9. The summed E-state index contributed by atoms with van der Waals surface area (Å²) in [5, 5.41) is 5.90. The summed E-state index contributed by atoms with van der Waals surface area (Å²) < 4.78 is 38.5. The van der Waals surface area contributed by atoms with Gasteiger partial charge in [-0.1, -0.05) is 13.3 Å². The van der Waals surface area contributed by atoms with Crippen LogP contribution in [0, 0.1) is 0 Å². The molecule has 0 unspecified atom stereocenters. The fourth-order valence-corrected chi connectivity index (χ4v) is 1.75. The molecule has 0 saturated carbocycles. The lowest BCUT2D eigenvalue weighted by molar-refractivity contribution is -0.141. The number of hydrogen-bond acceptors (Lipinski definition) is 3. The summed E-state index contributed by atoms with van der Waals surface area (Å²) in [7, 11) is 2.60. The van der Waals surface area contributed by atoms with Gasteiger partial charge >= 0.3 is 6.18 Å². The van der Waals surface area contributed by atoms with Crippen molar-refractivity contribution in [1.82, 2.24) is 20.0 Å². The number of carbonyl (C=O) groups is 2. The fraction of sp³-hybridized carbons (Fsp3) is 0.615. The van der Waals surface area contributed by atoms with Crippen LogP contribution in [-0.2, 0) is 18.0 Å². The maximum Gasteiger partial charge on any atom is 0.435 e. The Morgan fingerprint density at radius 1 is 1.41 bits per heavy atom. The number of hydrogen-bond donors (Lipinski definition) is 1. The average Bonchev–Trinajstić information content (AvgIpc) is 2.80. The van der Waals surface area contributed by atoms with Gasteiger partial charge in [0.25, 0.3) is 5.91 Å². The third-order valence-electron chi connectivity index (χ3n) is 2.97. The van der Waals surface area contributed by atoms with E-state index in [1.165, 1.54) is 14.1 Å². The normalized spacial score (nSPS) is 11.4. The highest BCUT2D eigenvalue weighted by Crippen LogP contribution is 2.28. The van der Waals surface area contributed by atoms with Crippen LogP contribution in [-0.4, -0.2) is 46.6 Å². The van der Waals surface area contributed by atoms with E-state index in [0.29, 0.717) is 12.6 Å². The maximum atomic E-state index is 12.6. The van der Waals surface area contributed by atoms with Crippen molar-refractivity contribution in [2.75, 3.05) is 20.1 Å². The van der Waals surface area contributed by atoms with Crippen molar-refractivity contribution in [3.8, 4) is 0 Å². The van der Waals surface area contributed by atoms with Gasteiger partial charge in [0.1, 0.15) is 5.69 Å². The summed E-state index contributed by atoms with van der Waals surface area (Å²) in [6, 6.07) is 0.674. The van der Waals surface area contributed by atoms with E-state index in [-0.39, 0.29) is 18.1 Å². The van der Waals surface area contributed by atoms with Crippen molar-refractivity contribution >= 4 is 11.8 Å². The van der Waals surface area contributed by atoms with E-state index in [1.54, 1.807) is 0 Å². The molecule has 0 spiro atoms. The molecule has 0 aromatic carbocycles. The van der Waals surface area contributed by atoms with E-state index in [2.05, 4.69) is 10.4 Å². The third-order valence-corrected chi connectivity index (χ3v) is 2.97. The second-order valence-electron chi connectivity index (χ2n) is 4.90. The second kappa shape index (κ2) is 7.28. The molecule has 0 bridgehead atoms. The first kappa shape index (κ1) is 18.0. The van der Waals surface area contributed by atoms with Gasteiger partial charge in [0, 0.05) is 26.7 Å². The number of alkyl halides is 3. The standard InChI is InChI=1S/C13H19F3N4O2/c1-4-5-6-17-11(21)8-19(2)12(22)9-7-10(13(14,15)16)18-20(9)3/h7H,4-6,8H2,1-3H3,(H,17,21). The summed E-state index contributed by atoms with van der Waals surface area (Å²) in [6.45, 7) is 2.25. The molecular formula is C13H19F3N4O2. The molecule has 2 amide bonds. The zero-order valence-corrected chi connectivity index (χ0v) is 12.7. The predicted molar refractivity (Wildman–Crippen MR) is 73.1 cm³/mol. The number of aromatic nitrogens is 2. The molecule has 0 aliphatic carbocycles. The number of aryl methyl sites for hydroxylation is 1. The van der Waals surface area contributed by atoms with Crippen LogP contribution < -0.4 is 5.32 Å².